The molecule has 1 aromatic carbocycles. The van der Waals surface area contributed by atoms with Gasteiger partial charge in [-0.2, -0.15) is 0 Å². The molecule has 2 aliphatic rings. The van der Waals surface area contributed by atoms with E-state index in [2.05, 4.69) is 6.07 Å². The van der Waals surface area contributed by atoms with Crippen LogP contribution < -0.4 is 10.5 Å². The van der Waals surface area contributed by atoms with Crippen LogP contribution in [0.5, 0.6) is 5.75 Å². The molecule has 0 unspecified atom stereocenters. The minimum absolute atomic E-state index is 0.229. The van der Waals surface area contributed by atoms with Crippen molar-refractivity contribution in [2.75, 3.05) is 0 Å². The number of nitrogens with two attached hydrogens (primary N) is 1. The van der Waals surface area contributed by atoms with Gasteiger partial charge in [-0.1, -0.05) is 37.8 Å². The van der Waals surface area contributed by atoms with Gasteiger partial charge < -0.3 is 10.5 Å². The third kappa shape index (κ3) is 2.27. The summed E-state index contributed by atoms with van der Waals surface area (Å²) >= 11 is 1.75. The highest BCUT2D eigenvalue weighted by atomic mass is 32.1. The van der Waals surface area contributed by atoms with Crippen LogP contribution >= 0.6 is 11.3 Å². The van der Waals surface area contributed by atoms with Crippen LogP contribution in [0.1, 0.15) is 48.4 Å². The molecule has 1 fully saturated rings. The zero-order chi connectivity index (χ0) is 14.3. The van der Waals surface area contributed by atoms with Gasteiger partial charge in [0.05, 0.1) is 16.1 Å². The van der Waals surface area contributed by atoms with E-state index in [9.17, 15) is 0 Å². The van der Waals surface area contributed by atoms with E-state index in [4.69, 9.17) is 15.5 Å². The Hall–Kier alpha value is -1.39. The minimum Gasteiger partial charge on any atom is -0.487 e. The van der Waals surface area contributed by atoms with Crippen LogP contribution in [-0.2, 0) is 12.1 Å². The quantitative estimate of drug-likeness (QED) is 0.803. The second-order valence-corrected chi connectivity index (χ2v) is 7.23. The first-order chi connectivity index (χ1) is 10.3. The number of rotatable bonds is 1. The van der Waals surface area contributed by atoms with Gasteiger partial charge in [-0.3, -0.25) is 0 Å². The molecule has 0 amide bonds. The minimum atomic E-state index is -0.229. The van der Waals surface area contributed by atoms with Gasteiger partial charge >= 0.3 is 0 Å². The number of hydrogen-bond acceptors (Lipinski definition) is 4. The zero-order valence-corrected chi connectivity index (χ0v) is 12.9. The van der Waals surface area contributed by atoms with E-state index in [1.807, 2.05) is 18.2 Å². The monoisotopic (exact) mass is 300 g/mol. The zero-order valence-electron chi connectivity index (χ0n) is 12.1. The van der Waals surface area contributed by atoms with Gasteiger partial charge in [0, 0.05) is 5.56 Å². The number of aromatic nitrogens is 1. The molecule has 1 saturated carbocycles. The lowest BCUT2D eigenvalue weighted by atomic mass is 9.92. The molecule has 110 valence electrons. The van der Waals surface area contributed by atoms with Crippen LogP contribution in [0.2, 0.25) is 0 Å². The normalized spacial score (nSPS) is 20.0. The van der Waals surface area contributed by atoms with E-state index in [1.54, 1.807) is 11.3 Å². The molecule has 0 saturated heterocycles. The third-order valence-corrected chi connectivity index (χ3v) is 5.87. The summed E-state index contributed by atoms with van der Waals surface area (Å²) in [6.45, 7) is 0.625. The van der Waals surface area contributed by atoms with Crippen LogP contribution in [0, 0.1) is 0 Å². The first-order valence-electron chi connectivity index (χ1n) is 7.77. The molecule has 2 aromatic rings. The van der Waals surface area contributed by atoms with Gasteiger partial charge in [0.25, 0.3) is 0 Å². The first-order valence-corrected chi connectivity index (χ1v) is 8.59. The standard InChI is InChI=1S/C17H20N2OS/c18-17(9-5-1-2-6-10-17)16-19-15-12-7-3-4-8-13(12)20-11-14(15)21-16/h3-4,7-8H,1-2,5-6,9-11,18H2. The summed E-state index contributed by atoms with van der Waals surface area (Å²) in [5, 5.41) is 1.11. The van der Waals surface area contributed by atoms with Gasteiger partial charge in [-0.15, -0.1) is 11.3 Å². The number of fused-ring (bicyclic) bond motifs is 3. The third-order valence-electron chi connectivity index (χ3n) is 4.62. The van der Waals surface area contributed by atoms with E-state index < -0.39 is 0 Å². The molecule has 1 aromatic heterocycles. The van der Waals surface area contributed by atoms with Crippen LogP contribution in [0.4, 0.5) is 0 Å². The first kappa shape index (κ1) is 13.3. The summed E-state index contributed by atoms with van der Waals surface area (Å²) in [4.78, 5) is 6.16. The Labute approximate surface area is 129 Å². The van der Waals surface area contributed by atoms with Crippen molar-refractivity contribution in [2.45, 2.75) is 50.7 Å². The number of ether oxygens (including phenoxy) is 1. The van der Waals surface area contributed by atoms with E-state index >= 15 is 0 Å². The van der Waals surface area contributed by atoms with Gasteiger partial charge in [0.15, 0.2) is 0 Å². The Morgan fingerprint density at radius 3 is 2.67 bits per heavy atom. The summed E-state index contributed by atoms with van der Waals surface area (Å²) in [5.74, 6) is 0.939. The Bertz CT molecular complexity index is 657. The van der Waals surface area contributed by atoms with Crippen molar-refractivity contribution in [1.82, 2.24) is 4.98 Å². The maximum atomic E-state index is 6.72. The molecule has 0 bridgehead atoms. The lowest BCUT2D eigenvalue weighted by Gasteiger charge is -2.25. The number of para-hydroxylation sites is 1. The highest BCUT2D eigenvalue weighted by Crippen LogP contribution is 2.43. The summed E-state index contributed by atoms with van der Waals surface area (Å²) in [7, 11) is 0. The number of hydrogen-bond donors (Lipinski definition) is 1. The molecular formula is C17H20N2OS. The lowest BCUT2D eigenvalue weighted by Crippen LogP contribution is -2.35. The smallest absolute Gasteiger partial charge is 0.129 e. The summed E-state index contributed by atoms with van der Waals surface area (Å²) in [5.41, 5.74) is 8.69. The summed E-state index contributed by atoms with van der Waals surface area (Å²) in [6.07, 6.45) is 7.15. The topological polar surface area (TPSA) is 48.1 Å². The number of thiazole rings is 1. The Morgan fingerprint density at radius 2 is 1.86 bits per heavy atom. The van der Waals surface area contributed by atoms with Gasteiger partial charge in [0.2, 0.25) is 0 Å². The Kier molecular flexibility index (Phi) is 3.23. The predicted octanol–water partition coefficient (Wildman–Crippen LogP) is 4.21. The van der Waals surface area contributed by atoms with Crippen molar-refractivity contribution in [3.05, 3.63) is 34.2 Å². The van der Waals surface area contributed by atoms with Crippen LogP contribution in [0.3, 0.4) is 0 Å². The Morgan fingerprint density at radius 1 is 1.10 bits per heavy atom. The van der Waals surface area contributed by atoms with E-state index in [0.717, 1.165) is 34.9 Å². The molecule has 1 aliphatic heterocycles. The van der Waals surface area contributed by atoms with Crippen molar-refractivity contribution in [1.29, 1.82) is 0 Å². The van der Waals surface area contributed by atoms with E-state index in [1.165, 1.54) is 30.6 Å². The molecule has 3 nitrogen and oxygen atoms in total. The fourth-order valence-corrected chi connectivity index (χ4v) is 4.53. The molecule has 4 rings (SSSR count). The predicted molar refractivity (Wildman–Crippen MR) is 85.4 cm³/mol. The van der Waals surface area contributed by atoms with Crippen molar-refractivity contribution in [2.24, 2.45) is 5.73 Å². The molecule has 0 radical (unpaired) electrons. The fraction of sp³-hybridized carbons (Fsp3) is 0.471. The van der Waals surface area contributed by atoms with Crippen LogP contribution in [0.15, 0.2) is 24.3 Å². The fourth-order valence-electron chi connectivity index (χ4n) is 3.38. The van der Waals surface area contributed by atoms with Crippen LogP contribution in [0.25, 0.3) is 11.3 Å². The molecule has 4 heteroatoms. The molecule has 0 atom stereocenters. The molecule has 21 heavy (non-hydrogen) atoms. The second kappa shape index (κ2) is 5.11. The maximum absolute atomic E-state index is 6.72. The molecule has 1 aliphatic carbocycles. The maximum Gasteiger partial charge on any atom is 0.129 e. The summed E-state index contributed by atoms with van der Waals surface area (Å²) < 4.78 is 5.84. The van der Waals surface area contributed by atoms with Crippen LogP contribution in [-0.4, -0.2) is 4.98 Å². The van der Waals surface area contributed by atoms with Crippen molar-refractivity contribution < 1.29 is 4.74 Å². The van der Waals surface area contributed by atoms with Gasteiger partial charge in [-0.25, -0.2) is 4.98 Å². The van der Waals surface area contributed by atoms with Crippen molar-refractivity contribution in [3.63, 3.8) is 0 Å². The largest absolute Gasteiger partial charge is 0.487 e. The molecule has 2 heterocycles. The molecule has 0 spiro atoms. The average Bonchev–Trinajstić information content (AvgIpc) is 2.85. The number of nitrogens with zero attached hydrogens (tertiary/aromatic N) is 1. The lowest BCUT2D eigenvalue weighted by molar-refractivity contribution is 0.305. The molecule has 2 N–H and O–H groups in total. The van der Waals surface area contributed by atoms with Crippen molar-refractivity contribution >= 4 is 11.3 Å². The molecular weight excluding hydrogens is 280 g/mol. The highest BCUT2D eigenvalue weighted by Gasteiger charge is 2.34. The summed E-state index contributed by atoms with van der Waals surface area (Å²) in [6, 6.07) is 8.15. The number of benzene rings is 1. The van der Waals surface area contributed by atoms with E-state index in [-0.39, 0.29) is 5.54 Å². The average molecular weight is 300 g/mol. The second-order valence-electron chi connectivity index (χ2n) is 6.15. The van der Waals surface area contributed by atoms with Gasteiger partial charge in [-0.05, 0) is 25.0 Å². The SMILES string of the molecule is NC1(c2nc3c(s2)COc2ccccc2-3)CCCCCC1. The van der Waals surface area contributed by atoms with Crippen molar-refractivity contribution in [3.8, 4) is 17.0 Å². The highest BCUT2D eigenvalue weighted by molar-refractivity contribution is 7.12. The van der Waals surface area contributed by atoms with E-state index in [0.29, 0.717) is 6.61 Å². The van der Waals surface area contributed by atoms with Gasteiger partial charge in [0.1, 0.15) is 17.4 Å². The Balaban J connectivity index is 1.76.